The van der Waals surface area contributed by atoms with Crippen LogP contribution in [0.5, 0.6) is 5.75 Å². The predicted octanol–water partition coefficient (Wildman–Crippen LogP) is 2.08. The van der Waals surface area contributed by atoms with Gasteiger partial charge in [0.15, 0.2) is 0 Å². The van der Waals surface area contributed by atoms with E-state index in [1.807, 2.05) is 39.2 Å². The molecule has 2 rings (SSSR count). The molecule has 0 spiro atoms. The number of ether oxygens (including phenoxy) is 1. The number of hydrogen-bond acceptors (Lipinski definition) is 4. The van der Waals surface area contributed by atoms with Crippen molar-refractivity contribution in [3.8, 4) is 5.75 Å². The molecule has 0 unspecified atom stereocenters. The third kappa shape index (κ3) is 1.99. The second-order valence-electron chi connectivity index (χ2n) is 4.51. The van der Waals surface area contributed by atoms with Gasteiger partial charge in [-0.1, -0.05) is 0 Å². The topological polar surface area (TPSA) is 51.4 Å². The number of nitrogens with zero attached hydrogens (tertiary/aromatic N) is 2. The number of aromatic nitrogens is 1. The predicted molar refractivity (Wildman–Crippen MR) is 75.3 cm³/mol. The van der Waals surface area contributed by atoms with Crippen molar-refractivity contribution in [2.75, 3.05) is 26.1 Å². The Morgan fingerprint density at radius 1 is 1.33 bits per heavy atom. The van der Waals surface area contributed by atoms with E-state index in [9.17, 15) is 0 Å². The second-order valence-corrected chi connectivity index (χ2v) is 4.51. The van der Waals surface area contributed by atoms with Crippen LogP contribution in [-0.4, -0.2) is 26.2 Å². The van der Waals surface area contributed by atoms with Gasteiger partial charge in [-0.3, -0.25) is 4.98 Å². The fraction of sp³-hybridized carbons (Fsp3) is 0.357. The van der Waals surface area contributed by atoms with E-state index in [2.05, 4.69) is 9.88 Å². The van der Waals surface area contributed by atoms with Crippen LogP contribution in [0.1, 0.15) is 11.3 Å². The van der Waals surface area contributed by atoms with E-state index in [4.69, 9.17) is 10.5 Å². The molecule has 0 amide bonds. The molecular weight excluding hydrogens is 226 g/mol. The first-order valence-corrected chi connectivity index (χ1v) is 5.93. The first-order valence-electron chi connectivity index (χ1n) is 5.93. The molecule has 1 aromatic heterocycles. The van der Waals surface area contributed by atoms with Crippen molar-refractivity contribution in [2.45, 2.75) is 13.5 Å². The normalized spacial score (nSPS) is 10.7. The average molecular weight is 245 g/mol. The van der Waals surface area contributed by atoms with Gasteiger partial charge in [0.05, 0.1) is 18.3 Å². The van der Waals surface area contributed by atoms with Crippen molar-refractivity contribution in [1.29, 1.82) is 0 Å². The number of nitrogens with two attached hydrogens (primary N) is 1. The van der Waals surface area contributed by atoms with Gasteiger partial charge in [0.25, 0.3) is 0 Å². The van der Waals surface area contributed by atoms with Crippen LogP contribution in [0.3, 0.4) is 0 Å². The zero-order valence-corrected chi connectivity index (χ0v) is 11.3. The van der Waals surface area contributed by atoms with Crippen LogP contribution in [0.25, 0.3) is 10.9 Å². The number of hydrogen-bond donors (Lipinski definition) is 1. The average Bonchev–Trinajstić information content (AvgIpc) is 2.36. The Kier molecular flexibility index (Phi) is 3.39. The van der Waals surface area contributed by atoms with Gasteiger partial charge in [-0.15, -0.1) is 0 Å². The van der Waals surface area contributed by atoms with E-state index >= 15 is 0 Å². The highest BCUT2D eigenvalue weighted by molar-refractivity contribution is 5.94. The molecule has 4 nitrogen and oxygen atoms in total. The first kappa shape index (κ1) is 12.6. The van der Waals surface area contributed by atoms with Gasteiger partial charge < -0.3 is 15.4 Å². The number of anilines is 1. The lowest BCUT2D eigenvalue weighted by atomic mass is 10.1. The summed E-state index contributed by atoms with van der Waals surface area (Å²) in [6, 6.07) is 5.92. The van der Waals surface area contributed by atoms with E-state index in [1.165, 1.54) is 0 Å². The van der Waals surface area contributed by atoms with Gasteiger partial charge in [0.1, 0.15) is 5.75 Å². The Balaban J connectivity index is 2.84. The molecule has 96 valence electrons. The highest BCUT2D eigenvalue weighted by Gasteiger charge is 2.13. The van der Waals surface area contributed by atoms with Gasteiger partial charge in [0, 0.05) is 37.3 Å². The molecule has 2 N–H and O–H groups in total. The van der Waals surface area contributed by atoms with Gasteiger partial charge >= 0.3 is 0 Å². The van der Waals surface area contributed by atoms with E-state index in [1.54, 1.807) is 7.11 Å². The number of methoxy groups -OCH3 is 1. The quantitative estimate of drug-likeness (QED) is 0.899. The van der Waals surface area contributed by atoms with Crippen molar-refractivity contribution in [1.82, 2.24) is 4.98 Å². The number of pyridine rings is 1. The third-order valence-electron chi connectivity index (χ3n) is 3.12. The number of benzene rings is 1. The highest BCUT2D eigenvalue weighted by Crippen LogP contribution is 2.32. The van der Waals surface area contributed by atoms with Gasteiger partial charge in [-0.2, -0.15) is 0 Å². The van der Waals surface area contributed by atoms with Crippen molar-refractivity contribution >= 4 is 16.6 Å². The van der Waals surface area contributed by atoms with Gasteiger partial charge in [-0.05, 0) is 25.1 Å². The number of rotatable bonds is 3. The molecular formula is C14H19N3O. The molecule has 0 fully saturated rings. The van der Waals surface area contributed by atoms with Crippen LogP contribution in [0, 0.1) is 6.92 Å². The van der Waals surface area contributed by atoms with Gasteiger partial charge in [-0.25, -0.2) is 0 Å². The maximum Gasteiger partial charge on any atom is 0.119 e. The standard InChI is InChI=1S/C14H19N3O/c1-9-12(8-15)14(17(2)3)11-7-10(18-4)5-6-13(11)16-9/h5-7H,8,15H2,1-4H3. The molecule has 1 heterocycles. The van der Waals surface area contributed by atoms with Gasteiger partial charge in [0.2, 0.25) is 0 Å². The highest BCUT2D eigenvalue weighted by atomic mass is 16.5. The fourth-order valence-corrected chi connectivity index (χ4v) is 2.27. The fourth-order valence-electron chi connectivity index (χ4n) is 2.27. The molecule has 18 heavy (non-hydrogen) atoms. The smallest absolute Gasteiger partial charge is 0.119 e. The third-order valence-corrected chi connectivity index (χ3v) is 3.12. The summed E-state index contributed by atoms with van der Waals surface area (Å²) in [5.41, 5.74) is 10.0. The van der Waals surface area contributed by atoms with Crippen LogP contribution in [0.2, 0.25) is 0 Å². The van der Waals surface area contributed by atoms with E-state index in [-0.39, 0.29) is 0 Å². The maximum absolute atomic E-state index is 5.85. The van der Waals surface area contributed by atoms with Crippen LogP contribution in [-0.2, 0) is 6.54 Å². The van der Waals surface area contributed by atoms with E-state index in [0.717, 1.165) is 33.6 Å². The molecule has 0 atom stereocenters. The lowest BCUT2D eigenvalue weighted by Crippen LogP contribution is -2.15. The zero-order valence-electron chi connectivity index (χ0n) is 11.3. The summed E-state index contributed by atoms with van der Waals surface area (Å²) >= 11 is 0. The lowest BCUT2D eigenvalue weighted by molar-refractivity contribution is 0.415. The molecule has 0 aliphatic rings. The van der Waals surface area contributed by atoms with Crippen LogP contribution < -0.4 is 15.4 Å². The van der Waals surface area contributed by atoms with Crippen molar-refractivity contribution in [3.05, 3.63) is 29.5 Å². The minimum Gasteiger partial charge on any atom is -0.497 e. The van der Waals surface area contributed by atoms with Crippen molar-refractivity contribution in [2.24, 2.45) is 5.73 Å². The largest absolute Gasteiger partial charge is 0.497 e. The molecule has 2 aromatic rings. The Hall–Kier alpha value is -1.81. The molecule has 0 saturated carbocycles. The van der Waals surface area contributed by atoms with E-state index < -0.39 is 0 Å². The Bertz CT molecular complexity index is 579. The van der Waals surface area contributed by atoms with Crippen molar-refractivity contribution < 1.29 is 4.74 Å². The lowest BCUT2D eigenvalue weighted by Gasteiger charge is -2.21. The number of aryl methyl sites for hydroxylation is 1. The molecule has 0 aliphatic heterocycles. The molecule has 0 saturated heterocycles. The second kappa shape index (κ2) is 4.82. The zero-order chi connectivity index (χ0) is 13.3. The summed E-state index contributed by atoms with van der Waals surface area (Å²) in [4.78, 5) is 6.68. The van der Waals surface area contributed by atoms with Crippen molar-refractivity contribution in [3.63, 3.8) is 0 Å². The minimum atomic E-state index is 0.486. The molecule has 0 bridgehead atoms. The Morgan fingerprint density at radius 3 is 2.61 bits per heavy atom. The van der Waals surface area contributed by atoms with Crippen LogP contribution in [0.4, 0.5) is 5.69 Å². The maximum atomic E-state index is 5.85. The molecule has 4 heteroatoms. The monoisotopic (exact) mass is 245 g/mol. The summed E-state index contributed by atoms with van der Waals surface area (Å²) in [6.45, 7) is 2.48. The summed E-state index contributed by atoms with van der Waals surface area (Å²) < 4.78 is 5.28. The Morgan fingerprint density at radius 2 is 2.06 bits per heavy atom. The SMILES string of the molecule is COc1ccc2nc(C)c(CN)c(N(C)C)c2c1. The van der Waals surface area contributed by atoms with Crippen LogP contribution in [0.15, 0.2) is 18.2 Å². The van der Waals surface area contributed by atoms with E-state index in [0.29, 0.717) is 6.54 Å². The minimum absolute atomic E-state index is 0.486. The number of fused-ring (bicyclic) bond motifs is 1. The molecule has 0 aliphatic carbocycles. The summed E-state index contributed by atoms with van der Waals surface area (Å²) in [5, 5.41) is 1.07. The van der Waals surface area contributed by atoms with Crippen LogP contribution >= 0.6 is 0 Å². The Labute approximate surface area is 107 Å². The summed E-state index contributed by atoms with van der Waals surface area (Å²) in [5.74, 6) is 0.833. The molecule has 0 radical (unpaired) electrons. The summed E-state index contributed by atoms with van der Waals surface area (Å²) in [7, 11) is 5.71. The molecule has 1 aromatic carbocycles. The first-order chi connectivity index (χ1) is 8.58. The summed E-state index contributed by atoms with van der Waals surface area (Å²) in [6.07, 6.45) is 0.